The van der Waals surface area contributed by atoms with Gasteiger partial charge in [0.15, 0.2) is 0 Å². The molecule has 3 aromatic rings. The van der Waals surface area contributed by atoms with Crippen molar-refractivity contribution in [1.29, 1.82) is 0 Å². The van der Waals surface area contributed by atoms with Crippen molar-refractivity contribution in [2.24, 2.45) is 5.92 Å². The molecule has 0 spiro atoms. The lowest BCUT2D eigenvalue weighted by Crippen LogP contribution is -2.47. The van der Waals surface area contributed by atoms with E-state index in [-0.39, 0.29) is 5.92 Å². The molecule has 3 aromatic carbocycles. The summed E-state index contributed by atoms with van der Waals surface area (Å²) in [5.74, 6) is 1.50. The van der Waals surface area contributed by atoms with Gasteiger partial charge in [-0.1, -0.05) is 43.9 Å². The first kappa shape index (κ1) is 26.1. The van der Waals surface area contributed by atoms with Crippen LogP contribution >= 0.6 is 0 Å². The van der Waals surface area contributed by atoms with Gasteiger partial charge in [-0.25, -0.2) is 13.6 Å². The minimum absolute atomic E-state index is 0.367. The second-order valence-electron chi connectivity index (χ2n) is 8.18. The van der Waals surface area contributed by atoms with E-state index in [4.69, 9.17) is 4.74 Å². The van der Waals surface area contributed by atoms with Crippen LogP contribution in [0.25, 0.3) is 0 Å². The van der Waals surface area contributed by atoms with E-state index in [9.17, 15) is 23.2 Å². The Morgan fingerprint density at radius 3 is 2.06 bits per heavy atom. The Labute approximate surface area is 207 Å². The van der Waals surface area contributed by atoms with Gasteiger partial charge in [0.2, 0.25) is 5.91 Å². The van der Waals surface area contributed by atoms with Crippen LogP contribution in [0.1, 0.15) is 45.7 Å². The molecular formula is C28H24F2N2O4. The molecule has 2 amide bonds. The van der Waals surface area contributed by atoms with Crippen LogP contribution in [0.3, 0.4) is 0 Å². The molecule has 36 heavy (non-hydrogen) atoms. The Hall–Kier alpha value is -4.51. The Kier molecular flexibility index (Phi) is 8.52. The summed E-state index contributed by atoms with van der Waals surface area (Å²) in [4.78, 5) is 37.1. The van der Waals surface area contributed by atoms with Crippen LogP contribution in [-0.2, 0) is 9.53 Å². The predicted molar refractivity (Wildman–Crippen MR) is 131 cm³/mol. The highest BCUT2D eigenvalue weighted by Gasteiger charge is 2.27. The number of amides is 2. The molecule has 2 N–H and O–H groups in total. The molecule has 0 radical (unpaired) electrons. The molecule has 184 valence electrons. The van der Waals surface area contributed by atoms with Gasteiger partial charge in [0, 0.05) is 16.8 Å². The van der Waals surface area contributed by atoms with Crippen LogP contribution in [0.5, 0.6) is 0 Å². The fraction of sp³-hybridized carbons (Fsp3) is 0.179. The Balaban J connectivity index is 1.75. The van der Waals surface area contributed by atoms with Gasteiger partial charge in [-0.15, -0.1) is 0 Å². The zero-order chi connectivity index (χ0) is 26.2. The quantitative estimate of drug-likeness (QED) is 0.392. The maximum Gasteiger partial charge on any atom is 0.337 e. The van der Waals surface area contributed by atoms with Crippen molar-refractivity contribution in [3.63, 3.8) is 0 Å². The molecule has 0 fully saturated rings. The lowest BCUT2D eigenvalue weighted by molar-refractivity contribution is -0.118. The first-order chi connectivity index (χ1) is 17.2. The topological polar surface area (TPSA) is 84.5 Å². The third kappa shape index (κ3) is 6.54. The number of nitrogens with one attached hydrogen (secondary N) is 2. The lowest BCUT2D eigenvalue weighted by atomic mass is 10.0. The number of hydrogen-bond donors (Lipinski definition) is 2. The SMILES string of the molecule is COC(=O)c1cccc(C#Cc2cccc(NC(=O)C(NC(=O)c3c(F)cccc3F)C(C)C)c2)c1. The number of esters is 1. The highest BCUT2D eigenvalue weighted by Crippen LogP contribution is 2.16. The summed E-state index contributed by atoms with van der Waals surface area (Å²) < 4.78 is 32.7. The number of hydrogen-bond acceptors (Lipinski definition) is 4. The highest BCUT2D eigenvalue weighted by molar-refractivity contribution is 6.01. The zero-order valence-corrected chi connectivity index (χ0v) is 19.9. The molecule has 0 aromatic heterocycles. The Bertz CT molecular complexity index is 1340. The van der Waals surface area contributed by atoms with E-state index in [1.807, 2.05) is 0 Å². The van der Waals surface area contributed by atoms with Crippen LogP contribution in [0.15, 0.2) is 66.7 Å². The molecule has 0 aliphatic rings. The summed E-state index contributed by atoms with van der Waals surface area (Å²) in [6.45, 7) is 3.40. The van der Waals surface area contributed by atoms with Crippen molar-refractivity contribution < 1.29 is 27.9 Å². The number of anilines is 1. The van der Waals surface area contributed by atoms with Crippen molar-refractivity contribution >= 4 is 23.5 Å². The van der Waals surface area contributed by atoms with Gasteiger partial charge < -0.3 is 15.4 Å². The maximum atomic E-state index is 14.0. The molecule has 0 aliphatic carbocycles. The van der Waals surface area contributed by atoms with E-state index >= 15 is 0 Å². The van der Waals surface area contributed by atoms with Gasteiger partial charge >= 0.3 is 5.97 Å². The number of methoxy groups -OCH3 is 1. The van der Waals surface area contributed by atoms with Gasteiger partial charge in [0.1, 0.15) is 23.2 Å². The van der Waals surface area contributed by atoms with Gasteiger partial charge in [-0.05, 0) is 54.4 Å². The van der Waals surface area contributed by atoms with Gasteiger partial charge in [-0.3, -0.25) is 9.59 Å². The molecule has 0 bridgehead atoms. The number of ether oxygens (including phenoxy) is 1. The lowest BCUT2D eigenvalue weighted by Gasteiger charge is -2.22. The molecular weight excluding hydrogens is 466 g/mol. The summed E-state index contributed by atoms with van der Waals surface area (Å²) in [7, 11) is 1.30. The van der Waals surface area contributed by atoms with Crippen molar-refractivity contribution in [2.45, 2.75) is 19.9 Å². The van der Waals surface area contributed by atoms with E-state index in [1.54, 1.807) is 62.4 Å². The molecule has 3 rings (SSSR count). The largest absolute Gasteiger partial charge is 0.465 e. The first-order valence-corrected chi connectivity index (χ1v) is 11.1. The molecule has 0 heterocycles. The number of carbonyl (C=O) groups excluding carboxylic acids is 3. The van der Waals surface area contributed by atoms with Crippen molar-refractivity contribution in [3.8, 4) is 11.8 Å². The van der Waals surface area contributed by atoms with Crippen LogP contribution in [0, 0.1) is 29.4 Å². The maximum absolute atomic E-state index is 14.0. The normalized spacial score (nSPS) is 11.2. The summed E-state index contributed by atoms with van der Waals surface area (Å²) in [6, 6.07) is 15.5. The van der Waals surface area contributed by atoms with Crippen LogP contribution < -0.4 is 10.6 Å². The van der Waals surface area contributed by atoms with Crippen LogP contribution in [-0.4, -0.2) is 30.9 Å². The third-order valence-electron chi connectivity index (χ3n) is 5.19. The summed E-state index contributed by atoms with van der Waals surface area (Å²) in [5, 5.41) is 5.13. The minimum Gasteiger partial charge on any atom is -0.465 e. The zero-order valence-electron chi connectivity index (χ0n) is 19.9. The third-order valence-corrected chi connectivity index (χ3v) is 5.19. The average molecular weight is 491 g/mol. The van der Waals surface area contributed by atoms with Crippen molar-refractivity contribution in [2.75, 3.05) is 12.4 Å². The second kappa shape index (κ2) is 11.8. The van der Waals surface area contributed by atoms with E-state index < -0.39 is 41.0 Å². The fourth-order valence-corrected chi connectivity index (χ4v) is 3.34. The number of halogens is 2. The highest BCUT2D eigenvalue weighted by atomic mass is 19.1. The van der Waals surface area contributed by atoms with E-state index in [0.717, 1.165) is 18.2 Å². The fourth-order valence-electron chi connectivity index (χ4n) is 3.34. The van der Waals surface area contributed by atoms with Crippen molar-refractivity contribution in [3.05, 3.63) is 101 Å². The Morgan fingerprint density at radius 2 is 1.44 bits per heavy atom. The van der Waals surface area contributed by atoms with Gasteiger partial charge in [0.25, 0.3) is 5.91 Å². The smallest absolute Gasteiger partial charge is 0.337 e. The molecule has 0 saturated heterocycles. The molecule has 1 unspecified atom stereocenters. The van der Waals surface area contributed by atoms with Crippen molar-refractivity contribution in [1.82, 2.24) is 5.32 Å². The van der Waals surface area contributed by atoms with Gasteiger partial charge in [-0.2, -0.15) is 0 Å². The molecule has 1 atom stereocenters. The number of carbonyl (C=O) groups is 3. The average Bonchev–Trinajstić information content (AvgIpc) is 2.85. The first-order valence-electron chi connectivity index (χ1n) is 11.1. The predicted octanol–water partition coefficient (Wildman–Crippen LogP) is 4.54. The molecule has 8 heteroatoms. The molecule has 6 nitrogen and oxygen atoms in total. The standard InChI is InChI=1S/C28H24F2N2O4/c1-17(2)25(32-26(33)24-22(29)11-6-12-23(24)30)27(34)31-21-10-5-8-19(16-21)14-13-18-7-4-9-20(15-18)28(35)36-3/h4-12,15-17,25H,1-3H3,(H,31,34)(H,32,33). The molecule has 0 aliphatic heterocycles. The van der Waals surface area contributed by atoms with E-state index in [2.05, 4.69) is 22.5 Å². The summed E-state index contributed by atoms with van der Waals surface area (Å²) in [6.07, 6.45) is 0. The summed E-state index contributed by atoms with van der Waals surface area (Å²) >= 11 is 0. The molecule has 0 saturated carbocycles. The minimum atomic E-state index is -1.05. The summed E-state index contributed by atoms with van der Waals surface area (Å²) in [5.41, 5.74) is 1.25. The monoisotopic (exact) mass is 490 g/mol. The Morgan fingerprint density at radius 1 is 0.861 bits per heavy atom. The van der Waals surface area contributed by atoms with Crippen LogP contribution in [0.2, 0.25) is 0 Å². The van der Waals surface area contributed by atoms with E-state index in [0.29, 0.717) is 22.4 Å². The number of rotatable bonds is 6. The van der Waals surface area contributed by atoms with E-state index in [1.165, 1.54) is 7.11 Å². The van der Waals surface area contributed by atoms with Crippen LogP contribution in [0.4, 0.5) is 14.5 Å². The van der Waals surface area contributed by atoms with Gasteiger partial charge in [0.05, 0.1) is 12.7 Å². The number of benzene rings is 3. The second-order valence-corrected chi connectivity index (χ2v) is 8.18.